The zero-order valence-corrected chi connectivity index (χ0v) is 23.2. The molecule has 0 saturated heterocycles. The Labute approximate surface area is 234 Å². The summed E-state index contributed by atoms with van der Waals surface area (Å²) in [5, 5.41) is 12.8. The van der Waals surface area contributed by atoms with Crippen LogP contribution in [0, 0.1) is 24.2 Å². The number of ether oxygens (including phenoxy) is 1. The van der Waals surface area contributed by atoms with Gasteiger partial charge in [0, 0.05) is 22.1 Å². The van der Waals surface area contributed by atoms with Gasteiger partial charge >= 0.3 is 5.97 Å². The molecule has 7 heteroatoms. The van der Waals surface area contributed by atoms with Crippen molar-refractivity contribution in [2.75, 3.05) is 7.11 Å². The van der Waals surface area contributed by atoms with Crippen molar-refractivity contribution in [3.8, 4) is 28.5 Å². The molecule has 5 aromatic rings. The van der Waals surface area contributed by atoms with Gasteiger partial charge in [0.2, 0.25) is 0 Å². The van der Waals surface area contributed by atoms with Crippen molar-refractivity contribution in [1.82, 2.24) is 3.97 Å². The van der Waals surface area contributed by atoms with Gasteiger partial charge in [-0.05, 0) is 67.0 Å². The SMILES string of the molecule is COC(=O)C1CC(c2cccc(-c3c(-c4ccsc4C#N)c4ccccc4n3[S+]([O-])c3ccc(C)cc3)c2)C1. The van der Waals surface area contributed by atoms with Gasteiger partial charge in [0.05, 0.1) is 18.5 Å². The van der Waals surface area contributed by atoms with E-state index >= 15 is 0 Å². The van der Waals surface area contributed by atoms with E-state index in [0.29, 0.717) is 9.77 Å². The summed E-state index contributed by atoms with van der Waals surface area (Å²) >= 11 is -0.125. The molecule has 2 heterocycles. The standard InChI is InChI=1S/C32H26N2O3S2/c1-20-10-12-25(13-11-20)39(36)34-28-9-4-3-8-26(28)30(27-14-15-38-29(27)19-33)31(34)22-7-5-6-21(16-22)23-17-24(18-23)32(35)37-2/h3-16,23-24H,17-18H2,1-2H3. The highest BCUT2D eigenvalue weighted by atomic mass is 32.2. The molecule has 1 fully saturated rings. The number of rotatable bonds is 6. The van der Waals surface area contributed by atoms with E-state index in [1.165, 1.54) is 18.4 Å². The Morgan fingerprint density at radius 3 is 2.59 bits per heavy atom. The zero-order chi connectivity index (χ0) is 27.1. The van der Waals surface area contributed by atoms with E-state index in [0.717, 1.165) is 57.3 Å². The predicted octanol–water partition coefficient (Wildman–Crippen LogP) is 7.45. The smallest absolute Gasteiger partial charge is 0.308 e. The minimum atomic E-state index is -1.53. The van der Waals surface area contributed by atoms with Crippen LogP contribution in [-0.4, -0.2) is 21.6 Å². The summed E-state index contributed by atoms with van der Waals surface area (Å²) in [6.07, 6.45) is 1.51. The highest BCUT2D eigenvalue weighted by molar-refractivity contribution is 7.90. The van der Waals surface area contributed by atoms with Gasteiger partial charge in [-0.2, -0.15) is 9.23 Å². The summed E-state index contributed by atoms with van der Waals surface area (Å²) in [6.45, 7) is 2.01. The van der Waals surface area contributed by atoms with Crippen LogP contribution in [-0.2, 0) is 20.9 Å². The van der Waals surface area contributed by atoms with Gasteiger partial charge < -0.3 is 9.29 Å². The molecule has 6 rings (SSSR count). The molecule has 3 aromatic carbocycles. The maximum atomic E-state index is 14.3. The molecule has 1 aliphatic rings. The molecular formula is C32H26N2O3S2. The molecule has 0 bridgehead atoms. The van der Waals surface area contributed by atoms with Crippen LogP contribution < -0.4 is 0 Å². The Balaban J connectivity index is 1.57. The third-order valence-electron chi connectivity index (χ3n) is 7.56. The average molecular weight is 551 g/mol. The molecule has 1 atom stereocenters. The molecule has 1 aliphatic carbocycles. The van der Waals surface area contributed by atoms with Crippen molar-refractivity contribution in [3.05, 3.63) is 100 Å². The first-order valence-corrected chi connectivity index (χ1v) is 14.8. The number of para-hydroxylation sites is 1. The molecule has 5 nitrogen and oxygen atoms in total. The van der Waals surface area contributed by atoms with Crippen LogP contribution in [0.2, 0.25) is 0 Å². The predicted molar refractivity (Wildman–Crippen MR) is 156 cm³/mol. The highest BCUT2D eigenvalue weighted by Gasteiger charge is 2.36. The fourth-order valence-electron chi connectivity index (χ4n) is 5.46. The van der Waals surface area contributed by atoms with Gasteiger partial charge in [0.25, 0.3) is 0 Å². The van der Waals surface area contributed by atoms with Crippen molar-refractivity contribution < 1.29 is 14.1 Å². The molecule has 0 aliphatic heterocycles. The number of hydrogen-bond acceptors (Lipinski definition) is 5. The Bertz CT molecular complexity index is 1720. The summed E-state index contributed by atoms with van der Waals surface area (Å²) in [5.41, 5.74) is 6.57. The monoisotopic (exact) mass is 550 g/mol. The first kappa shape index (κ1) is 25.4. The number of aryl methyl sites for hydroxylation is 1. The highest BCUT2D eigenvalue weighted by Crippen LogP contribution is 2.47. The third kappa shape index (κ3) is 4.45. The Hall–Kier alpha value is -3.83. The van der Waals surface area contributed by atoms with E-state index in [4.69, 9.17) is 4.74 Å². The molecule has 0 N–H and O–H groups in total. The number of nitrogens with zero attached hydrogens (tertiary/aromatic N) is 2. The second kappa shape index (κ2) is 10.4. The third-order valence-corrected chi connectivity index (χ3v) is 9.77. The van der Waals surface area contributed by atoms with Crippen LogP contribution in [0.3, 0.4) is 0 Å². The van der Waals surface area contributed by atoms with Crippen LogP contribution in [0.25, 0.3) is 33.3 Å². The normalized spacial score (nSPS) is 17.4. The summed E-state index contributed by atoms with van der Waals surface area (Å²) in [7, 11) is 1.44. The number of carbonyl (C=O) groups is 1. The lowest BCUT2D eigenvalue weighted by Gasteiger charge is -2.33. The zero-order valence-electron chi connectivity index (χ0n) is 21.6. The van der Waals surface area contributed by atoms with Gasteiger partial charge in [-0.1, -0.05) is 54.1 Å². The topological polar surface area (TPSA) is 78.1 Å². The van der Waals surface area contributed by atoms with Crippen molar-refractivity contribution in [2.45, 2.75) is 30.6 Å². The molecule has 1 saturated carbocycles. The minimum absolute atomic E-state index is 0.0660. The number of nitriles is 1. The van der Waals surface area contributed by atoms with Gasteiger partial charge in [0.15, 0.2) is 4.90 Å². The fourth-order valence-corrected chi connectivity index (χ4v) is 7.43. The lowest BCUT2D eigenvalue weighted by molar-refractivity contribution is -0.148. The summed E-state index contributed by atoms with van der Waals surface area (Å²) in [4.78, 5) is 13.3. The van der Waals surface area contributed by atoms with E-state index in [2.05, 4.69) is 18.2 Å². The maximum absolute atomic E-state index is 14.3. The number of thiophene rings is 1. The quantitative estimate of drug-likeness (QED) is 0.162. The number of carbonyl (C=O) groups excluding carboxylic acids is 1. The Kier molecular flexibility index (Phi) is 6.78. The average Bonchev–Trinajstić information content (AvgIpc) is 3.54. The fraction of sp³-hybridized carbons (Fsp3) is 0.188. The molecule has 0 spiro atoms. The van der Waals surface area contributed by atoms with Crippen LogP contribution in [0.15, 0.2) is 89.1 Å². The number of fused-ring (bicyclic) bond motifs is 1. The molecular weight excluding hydrogens is 524 g/mol. The summed E-state index contributed by atoms with van der Waals surface area (Å²) < 4.78 is 21.1. The van der Waals surface area contributed by atoms with E-state index < -0.39 is 11.4 Å². The lowest BCUT2D eigenvalue weighted by atomic mass is 9.71. The van der Waals surface area contributed by atoms with E-state index in [1.54, 1.807) is 0 Å². The van der Waals surface area contributed by atoms with Crippen LogP contribution in [0.1, 0.15) is 34.8 Å². The molecule has 0 amide bonds. The van der Waals surface area contributed by atoms with Gasteiger partial charge in [-0.25, -0.2) is 0 Å². The van der Waals surface area contributed by atoms with Crippen LogP contribution in [0.4, 0.5) is 0 Å². The minimum Gasteiger partial charge on any atom is -0.587 e. The molecule has 1 unspecified atom stereocenters. The van der Waals surface area contributed by atoms with E-state index in [-0.39, 0.29) is 17.8 Å². The van der Waals surface area contributed by atoms with E-state index in [9.17, 15) is 14.6 Å². The number of esters is 1. The second-order valence-electron chi connectivity index (χ2n) is 9.89. The second-order valence-corrected chi connectivity index (χ2v) is 12.1. The maximum Gasteiger partial charge on any atom is 0.308 e. The Morgan fingerprint density at radius 2 is 1.85 bits per heavy atom. The lowest BCUT2D eigenvalue weighted by Crippen LogP contribution is -2.29. The van der Waals surface area contributed by atoms with Crippen molar-refractivity contribution >= 4 is 39.6 Å². The van der Waals surface area contributed by atoms with Crippen molar-refractivity contribution in [3.63, 3.8) is 0 Å². The number of hydrogen-bond donors (Lipinski definition) is 0. The Morgan fingerprint density at radius 1 is 1.08 bits per heavy atom. The van der Waals surface area contributed by atoms with Crippen molar-refractivity contribution in [1.29, 1.82) is 5.26 Å². The largest absolute Gasteiger partial charge is 0.587 e. The number of methoxy groups -OCH3 is 1. The van der Waals surface area contributed by atoms with Crippen LogP contribution in [0.5, 0.6) is 0 Å². The van der Waals surface area contributed by atoms with E-state index in [1.807, 2.05) is 83.0 Å². The molecule has 2 aromatic heterocycles. The summed E-state index contributed by atoms with van der Waals surface area (Å²) in [6, 6.07) is 28.4. The van der Waals surface area contributed by atoms with Gasteiger partial charge in [-0.15, -0.1) is 11.3 Å². The first-order valence-electron chi connectivity index (χ1n) is 12.8. The van der Waals surface area contributed by atoms with Crippen molar-refractivity contribution in [2.24, 2.45) is 5.92 Å². The number of benzene rings is 3. The summed E-state index contributed by atoms with van der Waals surface area (Å²) in [5.74, 6) is 0.0391. The first-order chi connectivity index (χ1) is 19.0. The molecule has 0 radical (unpaired) electrons. The molecule has 194 valence electrons. The van der Waals surface area contributed by atoms with Crippen LogP contribution >= 0.6 is 11.3 Å². The van der Waals surface area contributed by atoms with Gasteiger partial charge in [0.1, 0.15) is 28.0 Å². The van der Waals surface area contributed by atoms with Gasteiger partial charge in [-0.3, -0.25) is 4.79 Å². The molecule has 39 heavy (non-hydrogen) atoms. The number of aromatic nitrogens is 1.